The summed E-state index contributed by atoms with van der Waals surface area (Å²) >= 11 is 6.17. The zero-order chi connectivity index (χ0) is 23.2. The van der Waals surface area contributed by atoms with E-state index in [-0.39, 0.29) is 22.8 Å². The molecule has 1 aliphatic carbocycles. The molecule has 2 aliphatic rings. The number of sulfonamides is 1. The number of rotatable bonds is 5. The van der Waals surface area contributed by atoms with Crippen LogP contribution >= 0.6 is 11.6 Å². The molecule has 5 rings (SSSR count). The lowest BCUT2D eigenvalue weighted by atomic mass is 9.77. The van der Waals surface area contributed by atoms with Crippen LogP contribution in [0.1, 0.15) is 35.1 Å². The highest BCUT2D eigenvalue weighted by molar-refractivity contribution is 7.92. The molecule has 0 bridgehead atoms. The van der Waals surface area contributed by atoms with Gasteiger partial charge in [-0.1, -0.05) is 48.0 Å². The fourth-order valence-corrected chi connectivity index (χ4v) is 6.22. The third-order valence-electron chi connectivity index (χ3n) is 6.63. The van der Waals surface area contributed by atoms with Crippen molar-refractivity contribution in [2.45, 2.75) is 30.2 Å². The molecule has 170 valence electrons. The van der Waals surface area contributed by atoms with E-state index in [1.54, 1.807) is 44.4 Å². The van der Waals surface area contributed by atoms with Crippen LogP contribution in [0.3, 0.4) is 0 Å². The summed E-state index contributed by atoms with van der Waals surface area (Å²) in [7, 11) is -2.09. The topological polar surface area (TPSA) is 67.4 Å². The van der Waals surface area contributed by atoms with Gasteiger partial charge in [0, 0.05) is 22.2 Å². The Morgan fingerprint density at radius 3 is 2.70 bits per heavy atom. The van der Waals surface area contributed by atoms with Crippen molar-refractivity contribution in [2.75, 3.05) is 17.1 Å². The Morgan fingerprint density at radius 1 is 1.06 bits per heavy atom. The number of allylic oxidation sites excluding steroid dienone is 2. The average molecular weight is 481 g/mol. The molecule has 7 heteroatoms. The van der Waals surface area contributed by atoms with Gasteiger partial charge in [0.1, 0.15) is 5.75 Å². The maximum atomic E-state index is 13.2. The Bertz CT molecular complexity index is 1350. The van der Waals surface area contributed by atoms with Gasteiger partial charge in [-0.3, -0.25) is 4.72 Å². The van der Waals surface area contributed by atoms with Crippen molar-refractivity contribution in [1.82, 2.24) is 0 Å². The van der Waals surface area contributed by atoms with Crippen LogP contribution in [0.15, 0.2) is 77.7 Å². The molecule has 0 spiro atoms. The van der Waals surface area contributed by atoms with Gasteiger partial charge in [0.15, 0.2) is 0 Å². The summed E-state index contributed by atoms with van der Waals surface area (Å²) in [5, 5.41) is 4.17. The normalized spacial score (nSPS) is 21.1. The van der Waals surface area contributed by atoms with E-state index in [0.717, 1.165) is 29.0 Å². The van der Waals surface area contributed by atoms with Crippen molar-refractivity contribution >= 4 is 33.0 Å². The van der Waals surface area contributed by atoms with Gasteiger partial charge in [-0.2, -0.15) is 0 Å². The highest BCUT2D eigenvalue weighted by atomic mass is 35.5. The summed E-state index contributed by atoms with van der Waals surface area (Å²) in [6.07, 6.45) is 5.29. The zero-order valence-electron chi connectivity index (χ0n) is 18.4. The molecular weight excluding hydrogens is 456 g/mol. The number of fused-ring (bicyclic) bond motifs is 3. The highest BCUT2D eigenvalue weighted by Crippen LogP contribution is 2.51. The largest absolute Gasteiger partial charge is 0.496 e. The third kappa shape index (κ3) is 3.87. The number of methoxy groups -OCH3 is 1. The number of nitrogens with one attached hydrogen (secondary N) is 2. The SMILES string of the molecule is COc1ccccc1[C@H]1Nc2ccc(S(=O)(=O)Nc3cccc(Cl)c3C)cc2[C@H]2C=CC[C@H]21. The van der Waals surface area contributed by atoms with E-state index in [0.29, 0.717) is 16.3 Å². The molecule has 0 saturated carbocycles. The Hall–Kier alpha value is -2.96. The molecule has 2 N–H and O–H groups in total. The Morgan fingerprint density at radius 2 is 1.88 bits per heavy atom. The fraction of sp³-hybridized carbons (Fsp3) is 0.231. The lowest BCUT2D eigenvalue weighted by molar-refractivity contribution is 0.381. The van der Waals surface area contributed by atoms with Crippen molar-refractivity contribution in [1.29, 1.82) is 0 Å². The minimum Gasteiger partial charge on any atom is -0.496 e. The van der Waals surface area contributed by atoms with E-state index < -0.39 is 10.0 Å². The number of hydrogen-bond donors (Lipinski definition) is 2. The number of halogens is 1. The fourth-order valence-electron chi connectivity index (χ4n) is 4.89. The third-order valence-corrected chi connectivity index (χ3v) is 8.40. The van der Waals surface area contributed by atoms with Crippen LogP contribution in [0.2, 0.25) is 5.02 Å². The van der Waals surface area contributed by atoms with Gasteiger partial charge >= 0.3 is 0 Å². The van der Waals surface area contributed by atoms with Crippen LogP contribution in [0.4, 0.5) is 11.4 Å². The van der Waals surface area contributed by atoms with E-state index in [1.165, 1.54) is 0 Å². The molecule has 0 radical (unpaired) electrons. The van der Waals surface area contributed by atoms with E-state index in [4.69, 9.17) is 16.3 Å². The average Bonchev–Trinajstić information content (AvgIpc) is 3.31. The molecule has 5 nitrogen and oxygen atoms in total. The van der Waals surface area contributed by atoms with Gasteiger partial charge in [-0.05, 0) is 66.8 Å². The molecule has 1 heterocycles. The summed E-state index contributed by atoms with van der Waals surface area (Å²) in [4.78, 5) is 0.234. The number of hydrogen-bond acceptors (Lipinski definition) is 4. The van der Waals surface area contributed by atoms with Crippen LogP contribution < -0.4 is 14.8 Å². The van der Waals surface area contributed by atoms with Gasteiger partial charge < -0.3 is 10.1 Å². The summed E-state index contributed by atoms with van der Waals surface area (Å²) in [5.74, 6) is 1.25. The monoisotopic (exact) mass is 480 g/mol. The van der Waals surface area contributed by atoms with E-state index in [1.807, 2.05) is 24.3 Å². The Balaban J connectivity index is 1.51. The highest BCUT2D eigenvalue weighted by Gasteiger charge is 2.39. The van der Waals surface area contributed by atoms with Crippen LogP contribution in [-0.2, 0) is 10.0 Å². The molecule has 0 fully saturated rings. The van der Waals surface area contributed by atoms with Crippen LogP contribution in [-0.4, -0.2) is 15.5 Å². The first kappa shape index (κ1) is 21.9. The first-order valence-electron chi connectivity index (χ1n) is 10.9. The molecule has 0 aromatic heterocycles. The summed E-state index contributed by atoms with van der Waals surface area (Å²) in [5.41, 5.74) is 4.22. The quantitative estimate of drug-likeness (QED) is 0.421. The molecular formula is C26H25ClN2O3S. The van der Waals surface area contributed by atoms with Gasteiger partial charge in [0.05, 0.1) is 23.7 Å². The van der Waals surface area contributed by atoms with Crippen LogP contribution in [0, 0.1) is 12.8 Å². The van der Waals surface area contributed by atoms with E-state index in [9.17, 15) is 8.42 Å². The smallest absolute Gasteiger partial charge is 0.261 e. The van der Waals surface area contributed by atoms with E-state index >= 15 is 0 Å². The second-order valence-corrected chi connectivity index (χ2v) is 10.6. The molecule has 3 atom stereocenters. The summed E-state index contributed by atoms with van der Waals surface area (Å²) < 4.78 is 34.7. The minimum atomic E-state index is -3.77. The number of anilines is 2. The van der Waals surface area contributed by atoms with Crippen molar-refractivity contribution < 1.29 is 13.2 Å². The molecule has 1 aliphatic heterocycles. The van der Waals surface area contributed by atoms with Crippen molar-refractivity contribution in [3.8, 4) is 5.75 Å². The van der Waals surface area contributed by atoms with Gasteiger partial charge in [0.25, 0.3) is 10.0 Å². The lowest BCUT2D eigenvalue weighted by Crippen LogP contribution is -2.29. The van der Waals surface area contributed by atoms with Crippen LogP contribution in [0.25, 0.3) is 0 Å². The maximum absolute atomic E-state index is 13.2. The standard InChI is InChI=1S/C26H25ClN2O3S/c1-16-22(27)10-6-11-23(16)29-33(30,31)17-13-14-24-21(15-17)18-8-5-9-19(18)26(28-24)20-7-3-4-12-25(20)32-2/h3-8,10-15,18-19,26,28-29H,9H2,1-2H3/t18-,19+,26-/m0/s1. The lowest BCUT2D eigenvalue weighted by Gasteiger charge is -2.38. The number of para-hydroxylation sites is 1. The molecule has 0 unspecified atom stereocenters. The van der Waals surface area contributed by atoms with Crippen molar-refractivity contribution in [3.63, 3.8) is 0 Å². The maximum Gasteiger partial charge on any atom is 0.261 e. The first-order chi connectivity index (χ1) is 15.9. The molecule has 3 aromatic carbocycles. The molecule has 0 amide bonds. The van der Waals surface area contributed by atoms with Crippen molar-refractivity contribution in [3.05, 3.63) is 94.5 Å². The summed E-state index contributed by atoms with van der Waals surface area (Å²) in [6.45, 7) is 1.79. The minimum absolute atomic E-state index is 0.0725. The number of benzene rings is 3. The zero-order valence-corrected chi connectivity index (χ0v) is 20.0. The molecule has 0 saturated heterocycles. The molecule has 3 aromatic rings. The van der Waals surface area contributed by atoms with Gasteiger partial charge in [0.2, 0.25) is 0 Å². The van der Waals surface area contributed by atoms with Gasteiger partial charge in [-0.25, -0.2) is 8.42 Å². The predicted octanol–water partition coefficient (Wildman–Crippen LogP) is 6.28. The summed E-state index contributed by atoms with van der Waals surface area (Å²) in [6, 6.07) is 18.6. The second kappa shape index (κ2) is 8.43. The van der Waals surface area contributed by atoms with Gasteiger partial charge in [-0.15, -0.1) is 0 Å². The second-order valence-electron chi connectivity index (χ2n) is 8.48. The van der Waals surface area contributed by atoms with Crippen molar-refractivity contribution in [2.24, 2.45) is 5.92 Å². The Kier molecular flexibility index (Phi) is 5.59. The molecule has 33 heavy (non-hydrogen) atoms. The van der Waals surface area contributed by atoms with E-state index in [2.05, 4.69) is 28.3 Å². The predicted molar refractivity (Wildman–Crippen MR) is 133 cm³/mol. The number of ether oxygens (including phenoxy) is 1. The first-order valence-corrected chi connectivity index (χ1v) is 12.7. The van der Waals surface area contributed by atoms with Crippen LogP contribution in [0.5, 0.6) is 5.75 Å². The Labute approximate surface area is 199 Å².